The molecule has 0 heterocycles. The number of esters is 4. The maximum absolute atomic E-state index is 13.1. The number of carbonyl (C=O) groups is 4. The van der Waals surface area contributed by atoms with Gasteiger partial charge in [-0.05, 0) is 37.5 Å². The molecule has 0 rings (SSSR count). The average molecular weight is 1400 g/mol. The Morgan fingerprint density at radius 3 is 0.800 bits per heavy atom. The van der Waals surface area contributed by atoms with Gasteiger partial charge in [0.25, 0.3) is 0 Å². The number of ether oxygens (including phenoxy) is 4. The molecule has 0 bridgehead atoms. The molecule has 0 saturated carbocycles. The molecule has 0 aliphatic heterocycles. The molecule has 0 aliphatic rings. The van der Waals surface area contributed by atoms with Crippen LogP contribution in [0.4, 0.5) is 0 Å². The highest BCUT2D eigenvalue weighted by atomic mass is 31.2. The Bertz CT molecular complexity index is 1840. The van der Waals surface area contributed by atoms with Crippen molar-refractivity contribution in [3.8, 4) is 0 Å². The normalized spacial score (nSPS) is 14.3. The van der Waals surface area contributed by atoms with Crippen LogP contribution >= 0.6 is 15.6 Å². The highest BCUT2D eigenvalue weighted by Gasteiger charge is 2.30. The summed E-state index contributed by atoms with van der Waals surface area (Å²) in [7, 11) is -9.91. The van der Waals surface area contributed by atoms with Crippen LogP contribution in [0.2, 0.25) is 0 Å². The van der Waals surface area contributed by atoms with E-state index in [2.05, 4.69) is 41.5 Å². The van der Waals surface area contributed by atoms with Crippen LogP contribution in [0.25, 0.3) is 0 Å². The minimum Gasteiger partial charge on any atom is -0.462 e. The average Bonchev–Trinajstić information content (AvgIpc) is 1.64. The van der Waals surface area contributed by atoms with Gasteiger partial charge >= 0.3 is 39.5 Å². The lowest BCUT2D eigenvalue weighted by Gasteiger charge is -2.21. The van der Waals surface area contributed by atoms with Gasteiger partial charge < -0.3 is 33.8 Å². The number of carbonyl (C=O) groups excluding carboxylic acids is 4. The molecule has 0 amide bonds. The first kappa shape index (κ1) is 93.1. The number of phosphoric acid groups is 2. The Balaban J connectivity index is 5.22. The maximum atomic E-state index is 13.1. The van der Waals surface area contributed by atoms with Gasteiger partial charge in [-0.3, -0.25) is 37.3 Å². The van der Waals surface area contributed by atoms with Crippen LogP contribution in [0, 0.1) is 11.8 Å². The number of unbranched alkanes of at least 4 members (excludes halogenated alkanes) is 44. The maximum Gasteiger partial charge on any atom is 0.472 e. The molecule has 0 aromatic carbocycles. The molecule has 0 radical (unpaired) electrons. The van der Waals surface area contributed by atoms with Crippen molar-refractivity contribution < 1.29 is 80.2 Å². The minimum atomic E-state index is -4.96. The number of phosphoric ester groups is 2. The Kier molecular flexibility index (Phi) is 66.5. The monoisotopic (exact) mass is 1400 g/mol. The van der Waals surface area contributed by atoms with Gasteiger partial charge in [0, 0.05) is 25.7 Å². The fourth-order valence-electron chi connectivity index (χ4n) is 11.6. The Morgan fingerprint density at radius 2 is 0.537 bits per heavy atom. The largest absolute Gasteiger partial charge is 0.472 e. The van der Waals surface area contributed by atoms with Crippen molar-refractivity contribution in [2.45, 2.75) is 413 Å². The molecule has 0 aromatic rings. The zero-order chi connectivity index (χ0) is 70.0. The zero-order valence-electron chi connectivity index (χ0n) is 62.0. The summed E-state index contributed by atoms with van der Waals surface area (Å²) in [6, 6.07) is 0. The third-order valence-corrected chi connectivity index (χ3v) is 20.0. The van der Waals surface area contributed by atoms with Gasteiger partial charge in [-0.2, -0.15) is 0 Å². The topological polar surface area (TPSA) is 237 Å². The predicted octanol–water partition coefficient (Wildman–Crippen LogP) is 22.3. The summed E-state index contributed by atoms with van der Waals surface area (Å²) < 4.78 is 68.5. The van der Waals surface area contributed by atoms with E-state index < -0.39 is 97.5 Å². The summed E-state index contributed by atoms with van der Waals surface area (Å²) >= 11 is 0. The van der Waals surface area contributed by atoms with Crippen LogP contribution in [-0.2, 0) is 65.4 Å². The summed E-state index contributed by atoms with van der Waals surface area (Å²) in [5.41, 5.74) is 0. The summed E-state index contributed by atoms with van der Waals surface area (Å²) in [6.07, 6.45) is 55.4. The summed E-state index contributed by atoms with van der Waals surface area (Å²) in [4.78, 5) is 72.8. The second-order valence-corrected chi connectivity index (χ2v) is 31.0. The van der Waals surface area contributed by atoms with Crippen LogP contribution in [-0.4, -0.2) is 96.7 Å². The molecule has 3 unspecified atom stereocenters. The Hall–Kier alpha value is -1.94. The van der Waals surface area contributed by atoms with Gasteiger partial charge in [0.2, 0.25) is 0 Å². The number of hydrogen-bond acceptors (Lipinski definition) is 15. The first-order valence-corrected chi connectivity index (χ1v) is 42.5. The van der Waals surface area contributed by atoms with Crippen molar-refractivity contribution in [1.82, 2.24) is 0 Å². The van der Waals surface area contributed by atoms with Crippen molar-refractivity contribution in [3.05, 3.63) is 0 Å². The number of rotatable bonds is 75. The highest BCUT2D eigenvalue weighted by Crippen LogP contribution is 2.45. The third-order valence-electron chi connectivity index (χ3n) is 18.1. The summed E-state index contributed by atoms with van der Waals surface area (Å²) in [6.45, 7) is 9.62. The molecule has 564 valence electrons. The molecule has 95 heavy (non-hydrogen) atoms. The first-order chi connectivity index (χ1) is 45.9. The molecule has 0 saturated heterocycles. The lowest BCUT2D eigenvalue weighted by molar-refractivity contribution is -0.161. The van der Waals surface area contributed by atoms with Gasteiger partial charge in [-0.1, -0.05) is 343 Å². The van der Waals surface area contributed by atoms with E-state index in [1.54, 1.807) is 0 Å². The molecule has 6 atom stereocenters. The Labute approximate surface area is 581 Å². The first-order valence-electron chi connectivity index (χ1n) is 39.5. The third kappa shape index (κ3) is 69.0. The van der Waals surface area contributed by atoms with Gasteiger partial charge in [-0.15, -0.1) is 0 Å². The quantitative estimate of drug-likeness (QED) is 0.0222. The minimum absolute atomic E-state index is 0.106. The van der Waals surface area contributed by atoms with Crippen LogP contribution in [0.15, 0.2) is 0 Å². The molecule has 0 aromatic heterocycles. The van der Waals surface area contributed by atoms with Gasteiger partial charge in [0.05, 0.1) is 26.4 Å². The van der Waals surface area contributed by atoms with Gasteiger partial charge in [0.1, 0.15) is 19.3 Å². The van der Waals surface area contributed by atoms with E-state index in [4.69, 9.17) is 37.0 Å². The van der Waals surface area contributed by atoms with Crippen molar-refractivity contribution in [2.24, 2.45) is 11.8 Å². The molecular formula is C76H148O17P2. The molecule has 0 fully saturated rings. The van der Waals surface area contributed by atoms with E-state index in [9.17, 15) is 43.2 Å². The molecule has 17 nitrogen and oxygen atoms in total. The van der Waals surface area contributed by atoms with Gasteiger partial charge in [-0.25, -0.2) is 9.13 Å². The van der Waals surface area contributed by atoms with Crippen LogP contribution in [0.3, 0.4) is 0 Å². The van der Waals surface area contributed by atoms with E-state index in [-0.39, 0.29) is 25.7 Å². The fraction of sp³-hybridized carbons (Fsp3) is 0.947. The van der Waals surface area contributed by atoms with Gasteiger partial charge in [0.15, 0.2) is 12.2 Å². The van der Waals surface area contributed by atoms with E-state index in [0.717, 1.165) is 108 Å². The zero-order valence-corrected chi connectivity index (χ0v) is 63.8. The molecule has 0 aliphatic carbocycles. The number of aliphatic hydroxyl groups excluding tert-OH is 1. The van der Waals surface area contributed by atoms with E-state index >= 15 is 0 Å². The lowest BCUT2D eigenvalue weighted by atomic mass is 9.99. The lowest BCUT2D eigenvalue weighted by Crippen LogP contribution is -2.30. The van der Waals surface area contributed by atoms with Crippen molar-refractivity contribution in [1.29, 1.82) is 0 Å². The molecular weight excluding hydrogens is 1250 g/mol. The van der Waals surface area contributed by atoms with E-state index in [1.807, 2.05) is 0 Å². The van der Waals surface area contributed by atoms with Crippen molar-refractivity contribution in [3.63, 3.8) is 0 Å². The molecule has 19 heteroatoms. The second-order valence-electron chi connectivity index (χ2n) is 28.1. The molecule has 3 N–H and O–H groups in total. The fourth-order valence-corrected chi connectivity index (χ4v) is 13.2. The Morgan fingerprint density at radius 1 is 0.305 bits per heavy atom. The van der Waals surface area contributed by atoms with Crippen molar-refractivity contribution >= 4 is 39.5 Å². The predicted molar refractivity (Wildman–Crippen MR) is 386 cm³/mol. The van der Waals surface area contributed by atoms with E-state index in [0.29, 0.717) is 25.7 Å². The van der Waals surface area contributed by atoms with Crippen LogP contribution in [0.1, 0.15) is 395 Å². The summed E-state index contributed by atoms with van der Waals surface area (Å²) in [5.74, 6) is -0.518. The highest BCUT2D eigenvalue weighted by molar-refractivity contribution is 7.47. The number of aliphatic hydroxyl groups is 1. The SMILES string of the molecule is CCCCCCCCCCCCCCCCCCC(=O)OC[C@H](COP(=O)(O)OC[C@@H](O)COP(=O)(O)OC[C@@H](COC(=O)CCCCCCCCCC)OC(=O)CCCCCCCCCCCCC(C)CC)OC(=O)CCCCCCCCCCCCCCCCC(C)C. The van der Waals surface area contributed by atoms with Crippen LogP contribution in [0.5, 0.6) is 0 Å². The van der Waals surface area contributed by atoms with Crippen molar-refractivity contribution in [2.75, 3.05) is 39.6 Å². The standard InChI is InChI=1S/C76H148O17P2/c1-7-10-12-14-16-18-19-20-21-22-26-29-35-41-47-53-59-74(79)87-65-72(93-75(80)60-54-48-42-36-30-27-24-23-25-28-33-38-44-50-56-68(4)5)67-91-95(84,85)89-63-70(77)62-88-94(82,83)90-66-71(64-86-73(78)58-52-46-40-17-15-13-11-8-2)92-76(81)61-55-49-43-37-32-31-34-39-45-51-57-69(6)9-3/h68-72,77H,7-67H2,1-6H3,(H,82,83)(H,84,85)/t69?,70-,71+,72+/m0/s1. The smallest absolute Gasteiger partial charge is 0.462 e. The second kappa shape index (κ2) is 67.9. The summed E-state index contributed by atoms with van der Waals surface area (Å²) in [5, 5.41) is 10.6. The number of hydrogen-bond donors (Lipinski definition) is 3. The van der Waals surface area contributed by atoms with E-state index in [1.165, 1.54) is 205 Å². The van der Waals surface area contributed by atoms with Crippen LogP contribution < -0.4 is 0 Å². The molecule has 0 spiro atoms.